The molecule has 0 spiro atoms. The number of carbonyl (C=O) groups excluding carboxylic acids is 3. The van der Waals surface area contributed by atoms with Gasteiger partial charge in [-0.15, -0.1) is 0 Å². The van der Waals surface area contributed by atoms with Gasteiger partial charge in [0, 0.05) is 18.2 Å². The predicted molar refractivity (Wildman–Crippen MR) is 133 cm³/mol. The lowest BCUT2D eigenvalue weighted by Gasteiger charge is -2.21. The fraction of sp³-hybridized carbons (Fsp3) is 0.692. The third-order valence-corrected chi connectivity index (χ3v) is 5.11. The number of rotatable bonds is 10. The van der Waals surface area contributed by atoms with Crippen molar-refractivity contribution in [2.45, 2.75) is 83.5 Å². The maximum absolute atomic E-state index is 11.8. The second-order valence-electron chi connectivity index (χ2n) is 10.1. The third-order valence-electron chi connectivity index (χ3n) is 5.11. The van der Waals surface area contributed by atoms with E-state index in [4.69, 9.17) is 20.4 Å². The normalized spacial score (nSPS) is 16.9. The van der Waals surface area contributed by atoms with E-state index < -0.39 is 17.7 Å². The van der Waals surface area contributed by atoms with Gasteiger partial charge in [0.05, 0.1) is 20.6 Å². The highest BCUT2D eigenvalue weighted by Crippen LogP contribution is 2.37. The van der Waals surface area contributed by atoms with Gasteiger partial charge < -0.3 is 25.1 Å². The van der Waals surface area contributed by atoms with Gasteiger partial charge >= 0.3 is 30.1 Å². The van der Waals surface area contributed by atoms with E-state index in [2.05, 4.69) is 9.47 Å². The second kappa shape index (κ2) is 16.8. The number of methoxy groups -OCH3 is 2. The maximum atomic E-state index is 11.8. The largest absolute Gasteiger partial charge is 0.490 e. The first-order valence-electron chi connectivity index (χ1n) is 12.3. The number of halogens is 3. The Labute approximate surface area is 221 Å². The van der Waals surface area contributed by atoms with Crippen molar-refractivity contribution in [3.05, 3.63) is 24.3 Å². The number of carbonyl (C=O) groups is 4. The van der Waals surface area contributed by atoms with Gasteiger partial charge in [-0.1, -0.05) is 37.8 Å². The van der Waals surface area contributed by atoms with Gasteiger partial charge in [0.1, 0.15) is 5.60 Å². The van der Waals surface area contributed by atoms with Crippen LogP contribution in [0, 0.1) is 17.8 Å². The molecule has 2 atom stereocenters. The molecule has 2 rings (SSSR count). The van der Waals surface area contributed by atoms with Crippen LogP contribution in [0.4, 0.5) is 13.2 Å². The fourth-order valence-corrected chi connectivity index (χ4v) is 2.98. The van der Waals surface area contributed by atoms with Crippen LogP contribution in [0.5, 0.6) is 0 Å². The Morgan fingerprint density at radius 2 is 1.32 bits per heavy atom. The number of carboxylic acids is 1. The Bertz CT molecular complexity index is 825. The highest BCUT2D eigenvalue weighted by atomic mass is 19.4. The molecule has 218 valence electrons. The van der Waals surface area contributed by atoms with Crippen LogP contribution in [0.3, 0.4) is 0 Å². The molecule has 2 saturated carbocycles. The highest BCUT2D eigenvalue weighted by molar-refractivity contribution is 5.82. The van der Waals surface area contributed by atoms with Gasteiger partial charge in [0.15, 0.2) is 0 Å². The van der Waals surface area contributed by atoms with Gasteiger partial charge in [-0.3, -0.25) is 4.79 Å². The quantitative estimate of drug-likeness (QED) is 0.230. The van der Waals surface area contributed by atoms with E-state index in [1.165, 1.54) is 52.1 Å². The van der Waals surface area contributed by atoms with Crippen LogP contribution in [-0.2, 0) is 33.4 Å². The molecule has 3 N–H and O–H groups in total. The minimum atomic E-state index is -5.08. The number of alkyl halides is 3. The molecule has 0 heterocycles. The molecule has 0 amide bonds. The number of esters is 3. The summed E-state index contributed by atoms with van der Waals surface area (Å²) in [4.78, 5) is 42.5. The van der Waals surface area contributed by atoms with Crippen molar-refractivity contribution in [3.8, 4) is 0 Å². The van der Waals surface area contributed by atoms with Gasteiger partial charge in [-0.2, -0.15) is 13.2 Å². The second-order valence-corrected chi connectivity index (χ2v) is 10.1. The van der Waals surface area contributed by atoms with Crippen molar-refractivity contribution in [1.29, 1.82) is 0 Å². The SMILES string of the molecule is COC(=O)/C=C/[C@@H](CC(=O)OC(C)(C)C)CC1CC1.COC(=O)/C=C/[C@@H](N)CC1CC1.O=C(O)C(F)(F)F. The van der Waals surface area contributed by atoms with Gasteiger partial charge in [0.2, 0.25) is 0 Å². The highest BCUT2D eigenvalue weighted by Gasteiger charge is 2.38. The molecule has 0 bridgehead atoms. The summed E-state index contributed by atoms with van der Waals surface area (Å²) in [7, 11) is 2.70. The topological polar surface area (TPSA) is 142 Å². The lowest BCUT2D eigenvalue weighted by atomic mass is 9.97. The molecule has 9 nitrogen and oxygen atoms in total. The van der Waals surface area contributed by atoms with E-state index in [1.807, 2.05) is 20.8 Å². The lowest BCUT2D eigenvalue weighted by molar-refractivity contribution is -0.192. The first kappa shape index (κ1) is 35.1. The first-order chi connectivity index (χ1) is 17.5. The van der Waals surface area contributed by atoms with Gasteiger partial charge in [-0.05, 0) is 51.4 Å². The van der Waals surface area contributed by atoms with Crippen molar-refractivity contribution in [2.75, 3.05) is 14.2 Å². The van der Waals surface area contributed by atoms with E-state index >= 15 is 0 Å². The number of hydrogen-bond acceptors (Lipinski definition) is 8. The molecule has 0 aromatic heterocycles. The van der Waals surface area contributed by atoms with Crippen LogP contribution in [-0.4, -0.2) is 61.0 Å². The van der Waals surface area contributed by atoms with Crippen LogP contribution in [0.15, 0.2) is 24.3 Å². The van der Waals surface area contributed by atoms with E-state index in [9.17, 15) is 27.6 Å². The van der Waals surface area contributed by atoms with Crippen molar-refractivity contribution in [1.82, 2.24) is 0 Å². The minimum Gasteiger partial charge on any atom is -0.475 e. The third kappa shape index (κ3) is 21.2. The summed E-state index contributed by atoms with van der Waals surface area (Å²) in [5.41, 5.74) is 5.26. The molecule has 0 saturated heterocycles. The van der Waals surface area contributed by atoms with E-state index in [0.29, 0.717) is 12.3 Å². The first-order valence-corrected chi connectivity index (χ1v) is 12.3. The summed E-state index contributed by atoms with van der Waals surface area (Å²) in [6, 6.07) is 0.0107. The molecule has 0 aromatic rings. The molecule has 0 aromatic carbocycles. The Morgan fingerprint density at radius 1 is 0.895 bits per heavy atom. The van der Waals surface area contributed by atoms with Gasteiger partial charge in [0.25, 0.3) is 0 Å². The van der Waals surface area contributed by atoms with Crippen LogP contribution in [0.25, 0.3) is 0 Å². The molecule has 2 fully saturated rings. The van der Waals surface area contributed by atoms with Crippen LogP contribution >= 0.6 is 0 Å². The Morgan fingerprint density at radius 3 is 1.68 bits per heavy atom. The summed E-state index contributed by atoms with van der Waals surface area (Å²) in [6.45, 7) is 5.56. The molecule has 0 aliphatic heterocycles. The van der Waals surface area contributed by atoms with Crippen LogP contribution < -0.4 is 5.73 Å². The van der Waals surface area contributed by atoms with Crippen LogP contribution in [0.1, 0.15) is 65.7 Å². The number of nitrogens with two attached hydrogens (primary N) is 1. The minimum absolute atomic E-state index is 0.0107. The Balaban J connectivity index is 0.000000612. The monoisotopic (exact) mass is 551 g/mol. The van der Waals surface area contributed by atoms with Gasteiger partial charge in [-0.25, -0.2) is 14.4 Å². The standard InChI is InChI=1S/C15H24O4.C9H15NO2.C2HF3O2/c1-15(2,3)19-14(17)10-12(9-11-5-6-11)7-8-13(16)18-4;1-12-9(11)5-4-8(10)6-7-2-3-7;3-2(4,5)1(6)7/h7-8,11-12H,5-6,9-10H2,1-4H3;4-5,7-8H,2-3,6,10H2,1H3;(H,6,7)/b8-7+;5-4+;/t12-;8-;/m11./s1. The Hall–Kier alpha value is -2.89. The molecular formula is C26H40F3NO8. The predicted octanol–water partition coefficient (Wildman–Crippen LogP) is 4.34. The zero-order valence-corrected chi connectivity index (χ0v) is 22.6. The summed E-state index contributed by atoms with van der Waals surface area (Å²) in [5, 5.41) is 7.12. The summed E-state index contributed by atoms with van der Waals surface area (Å²) < 4.78 is 46.1. The maximum Gasteiger partial charge on any atom is 0.490 e. The number of hydrogen-bond donors (Lipinski definition) is 2. The van der Waals surface area contributed by atoms with E-state index in [-0.39, 0.29) is 29.9 Å². The van der Waals surface area contributed by atoms with Crippen molar-refractivity contribution < 1.29 is 51.7 Å². The summed E-state index contributed by atoms with van der Waals surface area (Å²) in [5.74, 6) is -2.15. The molecule has 12 heteroatoms. The lowest BCUT2D eigenvalue weighted by Crippen LogP contribution is -2.25. The summed E-state index contributed by atoms with van der Waals surface area (Å²) >= 11 is 0. The summed E-state index contributed by atoms with van der Waals surface area (Å²) in [6.07, 6.45) is 8.47. The van der Waals surface area contributed by atoms with Crippen molar-refractivity contribution in [2.24, 2.45) is 23.5 Å². The molecular weight excluding hydrogens is 511 g/mol. The molecule has 0 unspecified atom stereocenters. The number of allylic oxidation sites excluding steroid dienone is 1. The zero-order chi connectivity index (χ0) is 29.5. The zero-order valence-electron chi connectivity index (χ0n) is 22.6. The number of ether oxygens (including phenoxy) is 3. The van der Waals surface area contributed by atoms with E-state index in [0.717, 1.165) is 18.8 Å². The average Bonchev–Trinajstić information content (AvgIpc) is 3.72. The molecule has 2 aliphatic rings. The fourth-order valence-electron chi connectivity index (χ4n) is 2.98. The van der Waals surface area contributed by atoms with Crippen LogP contribution in [0.2, 0.25) is 0 Å². The molecule has 0 radical (unpaired) electrons. The van der Waals surface area contributed by atoms with Crippen molar-refractivity contribution in [3.63, 3.8) is 0 Å². The smallest absolute Gasteiger partial charge is 0.475 e. The molecule has 2 aliphatic carbocycles. The Kier molecular flexibility index (Phi) is 15.6. The number of carboxylic acid groups (broad SMARTS) is 1. The average molecular weight is 552 g/mol. The van der Waals surface area contributed by atoms with Crippen molar-refractivity contribution >= 4 is 23.9 Å². The molecule has 38 heavy (non-hydrogen) atoms. The number of aliphatic carboxylic acids is 1. The van der Waals surface area contributed by atoms with E-state index in [1.54, 1.807) is 12.2 Å².